The van der Waals surface area contributed by atoms with E-state index in [0.717, 1.165) is 31.3 Å². The Balaban J connectivity index is 2.19. The van der Waals surface area contributed by atoms with Crippen LogP contribution < -0.4 is 0 Å². The maximum absolute atomic E-state index is 11.7. The normalized spacial score (nSPS) is 39.1. The highest BCUT2D eigenvalue weighted by Crippen LogP contribution is 2.35. The summed E-state index contributed by atoms with van der Waals surface area (Å²) in [5.74, 6) is 0.141. The Hall–Kier alpha value is -1.09. The molecule has 1 fully saturated rings. The lowest BCUT2D eigenvalue weighted by Gasteiger charge is -2.19. The first-order chi connectivity index (χ1) is 8.61. The van der Waals surface area contributed by atoms with Crippen LogP contribution in [0.5, 0.6) is 0 Å². The fourth-order valence-electron chi connectivity index (χ4n) is 2.83. The second kappa shape index (κ2) is 5.70. The van der Waals surface area contributed by atoms with E-state index in [4.69, 9.17) is 4.74 Å². The first-order valence-corrected chi connectivity index (χ1v) is 6.78. The van der Waals surface area contributed by atoms with Crippen LogP contribution in [0.1, 0.15) is 39.5 Å². The maximum atomic E-state index is 11.7. The Bertz CT molecular complexity index is 381. The zero-order valence-corrected chi connectivity index (χ0v) is 11.2. The third-order valence-electron chi connectivity index (χ3n) is 4.11. The van der Waals surface area contributed by atoms with Gasteiger partial charge in [-0.1, -0.05) is 18.6 Å². The molecule has 0 unspecified atom stereocenters. The fourth-order valence-corrected chi connectivity index (χ4v) is 2.83. The number of hydrogen-bond acceptors (Lipinski definition) is 3. The van der Waals surface area contributed by atoms with Crippen LogP contribution in [0, 0.1) is 11.8 Å². The first-order valence-electron chi connectivity index (χ1n) is 6.78. The standard InChI is InChI=1S/C15H22O3/c1-10-4-3-5-12(9-16)6-7-13-11(2)15(17)18-14(13)8-10/h5,8,11,13-14,16H,3-4,6-7,9H2,1-2H3/b10-8+,12-5+/t11-,13-,14+/m0/s1. The minimum Gasteiger partial charge on any atom is -0.458 e. The molecule has 3 nitrogen and oxygen atoms in total. The van der Waals surface area contributed by atoms with Crippen LogP contribution in [0.3, 0.4) is 0 Å². The molecule has 0 aromatic carbocycles. The van der Waals surface area contributed by atoms with Gasteiger partial charge in [0.1, 0.15) is 6.10 Å². The van der Waals surface area contributed by atoms with E-state index in [1.807, 2.05) is 6.92 Å². The summed E-state index contributed by atoms with van der Waals surface area (Å²) in [7, 11) is 0. The van der Waals surface area contributed by atoms with Crippen molar-refractivity contribution in [2.24, 2.45) is 11.8 Å². The van der Waals surface area contributed by atoms with Gasteiger partial charge in [-0.2, -0.15) is 0 Å². The third kappa shape index (κ3) is 2.83. The van der Waals surface area contributed by atoms with Crippen molar-refractivity contribution in [3.05, 3.63) is 23.3 Å². The number of rotatable bonds is 1. The highest BCUT2D eigenvalue weighted by atomic mass is 16.6. The number of carbonyl (C=O) groups is 1. The minimum atomic E-state index is -0.0807. The Labute approximate surface area is 109 Å². The molecule has 0 aromatic heterocycles. The molecule has 1 N–H and O–H groups in total. The van der Waals surface area contributed by atoms with Crippen molar-refractivity contribution < 1.29 is 14.6 Å². The molecule has 1 heterocycles. The van der Waals surface area contributed by atoms with Gasteiger partial charge in [-0.05, 0) is 44.3 Å². The molecule has 0 bridgehead atoms. The average Bonchev–Trinajstić information content (AvgIpc) is 2.60. The second-order valence-corrected chi connectivity index (χ2v) is 5.46. The molecule has 2 rings (SSSR count). The quantitative estimate of drug-likeness (QED) is 0.575. The number of aliphatic hydroxyl groups is 1. The number of aliphatic hydroxyl groups excluding tert-OH is 1. The van der Waals surface area contributed by atoms with Gasteiger partial charge >= 0.3 is 5.97 Å². The highest BCUT2D eigenvalue weighted by molar-refractivity contribution is 5.75. The molecule has 0 aromatic rings. The molecule has 0 saturated carbocycles. The van der Waals surface area contributed by atoms with Crippen LogP contribution in [0.25, 0.3) is 0 Å². The van der Waals surface area contributed by atoms with Gasteiger partial charge in [-0.3, -0.25) is 4.79 Å². The number of hydrogen-bond donors (Lipinski definition) is 1. The Morgan fingerprint density at radius 2 is 2.22 bits per heavy atom. The Morgan fingerprint density at radius 3 is 2.94 bits per heavy atom. The summed E-state index contributed by atoms with van der Waals surface area (Å²) in [5.41, 5.74) is 2.36. The van der Waals surface area contributed by atoms with Gasteiger partial charge in [-0.25, -0.2) is 0 Å². The number of allylic oxidation sites excluding steroid dienone is 2. The van der Waals surface area contributed by atoms with Crippen LogP contribution in [0.2, 0.25) is 0 Å². The van der Waals surface area contributed by atoms with Crippen molar-refractivity contribution >= 4 is 5.97 Å². The summed E-state index contributed by atoms with van der Waals surface area (Å²) in [6.07, 6.45) is 7.89. The molecule has 1 aliphatic carbocycles. The van der Waals surface area contributed by atoms with Gasteiger partial charge in [0.25, 0.3) is 0 Å². The van der Waals surface area contributed by atoms with Gasteiger partial charge in [-0.15, -0.1) is 0 Å². The van der Waals surface area contributed by atoms with Gasteiger partial charge in [0.05, 0.1) is 12.5 Å². The zero-order chi connectivity index (χ0) is 13.1. The molecule has 3 heteroatoms. The molecule has 3 atom stereocenters. The average molecular weight is 250 g/mol. The van der Waals surface area contributed by atoms with Crippen molar-refractivity contribution in [2.75, 3.05) is 6.61 Å². The molecule has 100 valence electrons. The van der Waals surface area contributed by atoms with Crippen molar-refractivity contribution in [3.8, 4) is 0 Å². The lowest BCUT2D eigenvalue weighted by molar-refractivity contribution is -0.142. The van der Waals surface area contributed by atoms with Crippen molar-refractivity contribution in [3.63, 3.8) is 0 Å². The molecule has 0 radical (unpaired) electrons. The first kappa shape index (κ1) is 13.3. The Kier molecular flexibility index (Phi) is 4.23. The monoisotopic (exact) mass is 250 g/mol. The van der Waals surface area contributed by atoms with Crippen LogP contribution in [-0.4, -0.2) is 23.8 Å². The van der Waals surface area contributed by atoms with E-state index in [-0.39, 0.29) is 30.5 Å². The smallest absolute Gasteiger partial charge is 0.309 e. The molecular weight excluding hydrogens is 228 g/mol. The predicted molar refractivity (Wildman–Crippen MR) is 69.9 cm³/mol. The largest absolute Gasteiger partial charge is 0.458 e. The number of carbonyl (C=O) groups excluding carboxylic acids is 1. The number of esters is 1. The molecule has 2 aliphatic rings. The van der Waals surface area contributed by atoms with E-state index in [2.05, 4.69) is 19.1 Å². The van der Waals surface area contributed by atoms with E-state index in [1.54, 1.807) is 0 Å². The van der Waals surface area contributed by atoms with Crippen LogP contribution in [0.15, 0.2) is 23.3 Å². The SMILES string of the molecule is C/C1=C\[C@H]2OC(=O)[C@@H](C)[C@@H]2CC/C(CO)=C\CC1. The summed E-state index contributed by atoms with van der Waals surface area (Å²) in [4.78, 5) is 11.7. The summed E-state index contributed by atoms with van der Waals surface area (Å²) < 4.78 is 5.45. The molecular formula is C15H22O3. The van der Waals surface area contributed by atoms with Gasteiger partial charge in [0, 0.05) is 5.92 Å². The van der Waals surface area contributed by atoms with Crippen LogP contribution in [-0.2, 0) is 9.53 Å². The summed E-state index contributed by atoms with van der Waals surface area (Å²) in [6, 6.07) is 0. The summed E-state index contributed by atoms with van der Waals surface area (Å²) >= 11 is 0. The molecule has 1 aliphatic heterocycles. The lowest BCUT2D eigenvalue weighted by atomic mass is 9.84. The topological polar surface area (TPSA) is 46.5 Å². The summed E-state index contributed by atoms with van der Waals surface area (Å²) in [5, 5.41) is 9.31. The molecule has 1 saturated heterocycles. The molecule has 0 spiro atoms. The fraction of sp³-hybridized carbons (Fsp3) is 0.667. The maximum Gasteiger partial charge on any atom is 0.309 e. The van der Waals surface area contributed by atoms with Gasteiger partial charge < -0.3 is 9.84 Å². The van der Waals surface area contributed by atoms with E-state index >= 15 is 0 Å². The summed E-state index contributed by atoms with van der Waals surface area (Å²) in [6.45, 7) is 4.16. The van der Waals surface area contributed by atoms with Gasteiger partial charge in [0.2, 0.25) is 0 Å². The van der Waals surface area contributed by atoms with Crippen molar-refractivity contribution in [2.45, 2.75) is 45.6 Å². The minimum absolute atomic E-state index is 0.0292. The molecule has 18 heavy (non-hydrogen) atoms. The van der Waals surface area contributed by atoms with Crippen LogP contribution >= 0.6 is 0 Å². The number of fused-ring (bicyclic) bond motifs is 1. The molecule has 0 amide bonds. The lowest BCUT2D eigenvalue weighted by Crippen LogP contribution is -2.19. The van der Waals surface area contributed by atoms with Crippen molar-refractivity contribution in [1.29, 1.82) is 0 Å². The van der Waals surface area contributed by atoms with Crippen LogP contribution in [0.4, 0.5) is 0 Å². The third-order valence-corrected chi connectivity index (χ3v) is 4.11. The number of ether oxygens (including phenoxy) is 1. The second-order valence-electron chi connectivity index (χ2n) is 5.46. The highest BCUT2D eigenvalue weighted by Gasteiger charge is 2.40. The predicted octanol–water partition coefficient (Wildman–Crippen LogP) is 2.60. The Morgan fingerprint density at radius 1 is 1.44 bits per heavy atom. The zero-order valence-electron chi connectivity index (χ0n) is 11.2. The van der Waals surface area contributed by atoms with Gasteiger partial charge in [0.15, 0.2) is 0 Å². The van der Waals surface area contributed by atoms with E-state index in [1.165, 1.54) is 5.57 Å². The van der Waals surface area contributed by atoms with E-state index in [0.29, 0.717) is 0 Å². The van der Waals surface area contributed by atoms with E-state index in [9.17, 15) is 9.90 Å². The van der Waals surface area contributed by atoms with E-state index < -0.39 is 0 Å². The van der Waals surface area contributed by atoms with Crippen molar-refractivity contribution in [1.82, 2.24) is 0 Å².